The van der Waals surface area contributed by atoms with E-state index in [1.54, 1.807) is 0 Å². The van der Waals surface area contributed by atoms with Gasteiger partial charge in [0.1, 0.15) is 18.8 Å². The van der Waals surface area contributed by atoms with Crippen molar-refractivity contribution in [2.75, 3.05) is 13.2 Å². The van der Waals surface area contributed by atoms with Crippen molar-refractivity contribution >= 4 is 24.7 Å². The molecule has 0 amide bonds. The number of epoxide rings is 1. The average molecular weight is 385 g/mol. The van der Waals surface area contributed by atoms with Crippen LogP contribution in [0, 0.1) is 0 Å². The lowest BCUT2D eigenvalue weighted by Gasteiger charge is -2.43. The Morgan fingerprint density at radius 2 is 1.41 bits per heavy atom. The lowest BCUT2D eigenvalue weighted by molar-refractivity contribution is -0.141. The Bertz CT molecular complexity index is 715. The van der Waals surface area contributed by atoms with Crippen molar-refractivity contribution in [2.45, 2.75) is 44.9 Å². The fraction of sp³-hybridized carbons (Fsp3) is 0.409. The summed E-state index contributed by atoms with van der Waals surface area (Å²) < 4.78 is 17.5. The third-order valence-corrected chi connectivity index (χ3v) is 10.0. The molecule has 0 aliphatic carbocycles. The number of esters is 1. The molecule has 2 atom stereocenters. The van der Waals surface area contributed by atoms with E-state index in [4.69, 9.17) is 13.9 Å². The molecular formula is C22H28O4Si. The number of ether oxygens (including phenoxy) is 2. The maximum atomic E-state index is 11.0. The van der Waals surface area contributed by atoms with E-state index in [9.17, 15) is 4.79 Å². The summed E-state index contributed by atoms with van der Waals surface area (Å²) >= 11 is 0. The van der Waals surface area contributed by atoms with Crippen molar-refractivity contribution in [3.05, 3.63) is 60.7 Å². The summed E-state index contributed by atoms with van der Waals surface area (Å²) in [6.07, 6.45) is -0.0851. The Morgan fingerprint density at radius 1 is 0.926 bits per heavy atom. The van der Waals surface area contributed by atoms with Crippen LogP contribution < -0.4 is 10.4 Å². The molecule has 1 aliphatic heterocycles. The summed E-state index contributed by atoms with van der Waals surface area (Å²) in [5.74, 6) is -0.280. The van der Waals surface area contributed by atoms with Crippen LogP contribution >= 0.6 is 0 Å². The van der Waals surface area contributed by atoms with E-state index in [0.717, 1.165) is 0 Å². The third kappa shape index (κ3) is 4.31. The Kier molecular flexibility index (Phi) is 5.84. The smallest absolute Gasteiger partial charge is 0.302 e. The maximum absolute atomic E-state index is 11.0. The molecule has 0 N–H and O–H groups in total. The van der Waals surface area contributed by atoms with Gasteiger partial charge in [0.25, 0.3) is 8.32 Å². The summed E-state index contributed by atoms with van der Waals surface area (Å²) in [5.41, 5.74) is 0. The van der Waals surface area contributed by atoms with Gasteiger partial charge in [-0.15, -0.1) is 0 Å². The highest BCUT2D eigenvalue weighted by Crippen LogP contribution is 2.37. The Balaban J connectivity index is 1.88. The van der Waals surface area contributed by atoms with Crippen LogP contribution in [0.1, 0.15) is 27.7 Å². The minimum Gasteiger partial charge on any atom is -0.463 e. The fourth-order valence-corrected chi connectivity index (χ4v) is 8.21. The summed E-state index contributed by atoms with van der Waals surface area (Å²) in [7, 11) is -2.53. The van der Waals surface area contributed by atoms with E-state index >= 15 is 0 Å². The molecule has 0 saturated carbocycles. The van der Waals surface area contributed by atoms with Gasteiger partial charge in [0, 0.05) is 6.92 Å². The molecule has 0 unspecified atom stereocenters. The second-order valence-electron chi connectivity index (χ2n) is 7.99. The molecule has 1 heterocycles. The largest absolute Gasteiger partial charge is 0.463 e. The maximum Gasteiger partial charge on any atom is 0.302 e. The molecule has 1 fully saturated rings. The summed E-state index contributed by atoms with van der Waals surface area (Å²) in [6.45, 7) is 8.97. The van der Waals surface area contributed by atoms with Gasteiger partial charge in [0.15, 0.2) is 0 Å². The average Bonchev–Trinajstić information content (AvgIpc) is 3.40. The van der Waals surface area contributed by atoms with E-state index in [0.29, 0.717) is 13.2 Å². The first kappa shape index (κ1) is 19.8. The van der Waals surface area contributed by atoms with Crippen LogP contribution in [0.15, 0.2) is 60.7 Å². The van der Waals surface area contributed by atoms with Crippen LogP contribution in [-0.4, -0.2) is 39.7 Å². The molecule has 27 heavy (non-hydrogen) atoms. The van der Waals surface area contributed by atoms with Crippen molar-refractivity contribution in [1.82, 2.24) is 0 Å². The van der Waals surface area contributed by atoms with Gasteiger partial charge in [0.05, 0.1) is 6.61 Å². The molecule has 2 aromatic rings. The molecule has 1 saturated heterocycles. The second-order valence-corrected chi connectivity index (χ2v) is 12.3. The first-order chi connectivity index (χ1) is 12.8. The Labute approximate surface area is 162 Å². The van der Waals surface area contributed by atoms with E-state index < -0.39 is 8.32 Å². The van der Waals surface area contributed by atoms with Crippen LogP contribution in [0.2, 0.25) is 5.04 Å². The Hall–Kier alpha value is -1.95. The summed E-state index contributed by atoms with van der Waals surface area (Å²) in [5, 5.41) is 2.44. The lowest BCUT2D eigenvalue weighted by atomic mass is 10.2. The van der Waals surface area contributed by atoms with Gasteiger partial charge in [-0.05, 0) is 15.4 Å². The minimum absolute atomic E-state index is 0.0222. The number of carbonyl (C=O) groups excluding carboxylic acids is 1. The van der Waals surface area contributed by atoms with Crippen LogP contribution in [0.25, 0.3) is 0 Å². The van der Waals surface area contributed by atoms with Crippen LogP contribution in [0.5, 0.6) is 0 Å². The van der Waals surface area contributed by atoms with Gasteiger partial charge in [-0.3, -0.25) is 4.79 Å². The zero-order valence-electron chi connectivity index (χ0n) is 16.5. The number of hydrogen-bond donors (Lipinski definition) is 0. The van der Waals surface area contributed by atoms with Gasteiger partial charge in [0.2, 0.25) is 0 Å². The zero-order valence-corrected chi connectivity index (χ0v) is 17.5. The van der Waals surface area contributed by atoms with Gasteiger partial charge >= 0.3 is 5.97 Å². The molecule has 3 rings (SSSR count). The van der Waals surface area contributed by atoms with E-state index in [2.05, 4.69) is 69.3 Å². The highest BCUT2D eigenvalue weighted by atomic mass is 28.4. The molecular weight excluding hydrogens is 356 g/mol. The summed E-state index contributed by atoms with van der Waals surface area (Å²) in [6, 6.07) is 21.1. The molecule has 2 aromatic carbocycles. The van der Waals surface area contributed by atoms with Gasteiger partial charge in [-0.25, -0.2) is 0 Å². The number of hydrogen-bond acceptors (Lipinski definition) is 4. The van der Waals surface area contributed by atoms with Crippen LogP contribution in [-0.2, 0) is 18.7 Å². The molecule has 1 aliphatic rings. The van der Waals surface area contributed by atoms with Crippen molar-refractivity contribution in [2.24, 2.45) is 0 Å². The van der Waals surface area contributed by atoms with Gasteiger partial charge in [-0.2, -0.15) is 0 Å². The predicted octanol–water partition coefficient (Wildman–Crippen LogP) is 2.89. The molecule has 0 bridgehead atoms. The van der Waals surface area contributed by atoms with Gasteiger partial charge in [-0.1, -0.05) is 81.4 Å². The van der Waals surface area contributed by atoms with E-state index in [-0.39, 0.29) is 23.2 Å². The molecule has 4 nitrogen and oxygen atoms in total. The first-order valence-corrected chi connectivity index (χ1v) is 11.3. The zero-order chi connectivity index (χ0) is 19.5. The normalized spacial score (nSPS) is 19.6. The number of benzene rings is 2. The fourth-order valence-electron chi connectivity index (χ4n) is 3.64. The van der Waals surface area contributed by atoms with Crippen LogP contribution in [0.3, 0.4) is 0 Å². The number of carbonyl (C=O) groups is 1. The lowest BCUT2D eigenvalue weighted by Crippen LogP contribution is -2.66. The standard InChI is InChI=1S/C22H28O4Si/c1-17(23)24-15-20-21(26-20)16-25-27(22(2,3)4,18-11-7-5-8-12-18)19-13-9-6-10-14-19/h5-14,20-21H,15-16H2,1-4H3/t20-,21+/m0/s1. The Morgan fingerprint density at radius 3 is 1.85 bits per heavy atom. The minimum atomic E-state index is -2.53. The van der Waals surface area contributed by atoms with Crippen molar-refractivity contribution in [3.63, 3.8) is 0 Å². The van der Waals surface area contributed by atoms with Crippen molar-refractivity contribution in [1.29, 1.82) is 0 Å². The summed E-state index contributed by atoms with van der Waals surface area (Å²) in [4.78, 5) is 11.0. The SMILES string of the molecule is CC(=O)OC[C@@H]1O[C@@H]1CO[Si](c1ccccc1)(c1ccccc1)C(C)(C)C. The van der Waals surface area contributed by atoms with Crippen molar-refractivity contribution < 1.29 is 18.7 Å². The molecule has 5 heteroatoms. The number of rotatable bonds is 7. The predicted molar refractivity (Wildman–Crippen MR) is 109 cm³/mol. The molecule has 0 radical (unpaired) electrons. The molecule has 0 aromatic heterocycles. The van der Waals surface area contributed by atoms with Crippen molar-refractivity contribution in [3.8, 4) is 0 Å². The van der Waals surface area contributed by atoms with Crippen LogP contribution in [0.4, 0.5) is 0 Å². The molecule has 144 valence electrons. The van der Waals surface area contributed by atoms with E-state index in [1.807, 2.05) is 12.1 Å². The molecule has 0 spiro atoms. The monoisotopic (exact) mass is 384 g/mol. The quantitative estimate of drug-likeness (QED) is 0.418. The second kappa shape index (κ2) is 7.96. The third-order valence-electron chi connectivity index (χ3n) is 5.02. The van der Waals surface area contributed by atoms with Gasteiger partial charge < -0.3 is 13.9 Å². The highest BCUT2D eigenvalue weighted by Gasteiger charge is 2.52. The topological polar surface area (TPSA) is 48.1 Å². The van der Waals surface area contributed by atoms with E-state index in [1.165, 1.54) is 17.3 Å². The highest BCUT2D eigenvalue weighted by molar-refractivity contribution is 6.99. The first-order valence-electron chi connectivity index (χ1n) is 9.38.